The maximum absolute atomic E-state index is 5.34. The van der Waals surface area contributed by atoms with Crippen LogP contribution >= 0.6 is 12.6 Å². The fourth-order valence-electron chi connectivity index (χ4n) is 1.72. The van der Waals surface area contributed by atoms with Crippen LogP contribution in [-0.4, -0.2) is 31.1 Å². The van der Waals surface area contributed by atoms with Crippen LogP contribution in [0.25, 0.3) is 0 Å². The molecule has 2 heterocycles. The Labute approximate surface area is 89.9 Å². The molecule has 1 aromatic heterocycles. The molecule has 0 atom stereocenters. The summed E-state index contributed by atoms with van der Waals surface area (Å²) in [6.07, 6.45) is 1.84. The highest BCUT2D eigenvalue weighted by atomic mass is 32.1. The van der Waals surface area contributed by atoms with Crippen molar-refractivity contribution in [2.24, 2.45) is 0 Å². The third-order valence-electron chi connectivity index (χ3n) is 2.48. The molecule has 78 valence electrons. The molecule has 0 unspecified atom stereocenters. The molecule has 2 rings (SSSR count). The van der Waals surface area contributed by atoms with Crippen molar-refractivity contribution in [3.63, 3.8) is 0 Å². The first-order valence-electron chi connectivity index (χ1n) is 4.98. The van der Waals surface area contributed by atoms with Crippen LogP contribution in [0.2, 0.25) is 0 Å². The van der Waals surface area contributed by atoms with Gasteiger partial charge in [0, 0.05) is 44.0 Å². The van der Waals surface area contributed by atoms with Gasteiger partial charge in [-0.05, 0) is 6.07 Å². The molecule has 0 aromatic carbocycles. The number of piperazine rings is 1. The highest BCUT2D eigenvalue weighted by molar-refractivity contribution is 7.79. The predicted octanol–water partition coefficient (Wildman–Crippen LogP) is 1.11. The van der Waals surface area contributed by atoms with Crippen molar-refractivity contribution in [2.75, 3.05) is 26.2 Å². The first-order valence-corrected chi connectivity index (χ1v) is 5.62. The summed E-state index contributed by atoms with van der Waals surface area (Å²) in [6.45, 7) is 5.44. The van der Waals surface area contributed by atoms with E-state index in [9.17, 15) is 0 Å². The maximum Gasteiger partial charge on any atom is 0.113 e. The lowest BCUT2D eigenvalue weighted by Gasteiger charge is -2.26. The van der Waals surface area contributed by atoms with Crippen molar-refractivity contribution in [3.8, 4) is 0 Å². The van der Waals surface area contributed by atoms with Crippen molar-refractivity contribution in [2.45, 2.75) is 12.3 Å². The summed E-state index contributed by atoms with van der Waals surface area (Å²) in [5.41, 5.74) is 1.26. The zero-order chi connectivity index (χ0) is 9.80. The van der Waals surface area contributed by atoms with E-state index in [0.29, 0.717) is 5.75 Å². The van der Waals surface area contributed by atoms with Crippen molar-refractivity contribution < 1.29 is 4.42 Å². The van der Waals surface area contributed by atoms with E-state index in [1.165, 1.54) is 5.56 Å². The number of rotatable bonds is 3. The van der Waals surface area contributed by atoms with Gasteiger partial charge in [0.05, 0.1) is 6.26 Å². The summed E-state index contributed by atoms with van der Waals surface area (Å²) in [6, 6.07) is 2.09. The molecule has 0 bridgehead atoms. The number of furan rings is 1. The van der Waals surface area contributed by atoms with Crippen LogP contribution in [0.15, 0.2) is 16.7 Å². The number of hydrogen-bond donors (Lipinski definition) is 2. The van der Waals surface area contributed by atoms with Crippen molar-refractivity contribution in [1.29, 1.82) is 0 Å². The average molecular weight is 212 g/mol. The van der Waals surface area contributed by atoms with Gasteiger partial charge in [0.1, 0.15) is 5.76 Å². The first-order chi connectivity index (χ1) is 6.88. The first kappa shape index (κ1) is 10.1. The van der Waals surface area contributed by atoms with Crippen LogP contribution in [0.4, 0.5) is 0 Å². The lowest BCUT2D eigenvalue weighted by Crippen LogP contribution is -2.42. The van der Waals surface area contributed by atoms with Crippen molar-refractivity contribution in [1.82, 2.24) is 10.2 Å². The highest BCUT2D eigenvalue weighted by Gasteiger charge is 2.10. The quantitative estimate of drug-likeness (QED) is 0.735. The minimum Gasteiger partial charge on any atom is -0.468 e. The Hall–Kier alpha value is -0.450. The van der Waals surface area contributed by atoms with Gasteiger partial charge in [0.2, 0.25) is 0 Å². The molecule has 1 N–H and O–H groups in total. The van der Waals surface area contributed by atoms with Crippen LogP contribution in [0, 0.1) is 0 Å². The molecular formula is C10H16N2OS. The number of thiol groups is 1. The minimum absolute atomic E-state index is 0.682. The monoisotopic (exact) mass is 212 g/mol. The van der Waals surface area contributed by atoms with Crippen LogP contribution in [-0.2, 0) is 12.3 Å². The zero-order valence-electron chi connectivity index (χ0n) is 8.20. The van der Waals surface area contributed by atoms with Crippen LogP contribution in [0.3, 0.4) is 0 Å². The molecule has 1 saturated heterocycles. The Morgan fingerprint density at radius 2 is 2.21 bits per heavy atom. The predicted molar refractivity (Wildman–Crippen MR) is 59.5 cm³/mol. The molecule has 3 nitrogen and oxygen atoms in total. The second-order valence-electron chi connectivity index (χ2n) is 3.61. The Balaban J connectivity index is 1.89. The van der Waals surface area contributed by atoms with Gasteiger partial charge in [-0.25, -0.2) is 0 Å². The molecule has 14 heavy (non-hydrogen) atoms. The summed E-state index contributed by atoms with van der Waals surface area (Å²) in [5.74, 6) is 1.64. The smallest absolute Gasteiger partial charge is 0.113 e. The van der Waals surface area contributed by atoms with Crippen molar-refractivity contribution in [3.05, 3.63) is 23.7 Å². The molecule has 0 saturated carbocycles. The van der Waals surface area contributed by atoms with Gasteiger partial charge < -0.3 is 9.73 Å². The van der Waals surface area contributed by atoms with Crippen LogP contribution in [0.1, 0.15) is 11.3 Å². The van der Waals surface area contributed by atoms with E-state index in [0.717, 1.165) is 38.5 Å². The highest BCUT2D eigenvalue weighted by Crippen LogP contribution is 2.12. The average Bonchev–Trinajstić information content (AvgIpc) is 2.67. The van der Waals surface area contributed by atoms with Gasteiger partial charge in [-0.3, -0.25) is 4.90 Å². The number of nitrogens with zero attached hydrogens (tertiary/aromatic N) is 1. The third kappa shape index (κ3) is 2.53. The van der Waals surface area contributed by atoms with E-state index < -0.39 is 0 Å². The van der Waals surface area contributed by atoms with Gasteiger partial charge in [0.15, 0.2) is 0 Å². The van der Waals surface area contributed by atoms with E-state index >= 15 is 0 Å². The van der Waals surface area contributed by atoms with Gasteiger partial charge >= 0.3 is 0 Å². The van der Waals surface area contributed by atoms with Crippen LogP contribution in [0.5, 0.6) is 0 Å². The molecule has 0 spiro atoms. The molecule has 0 radical (unpaired) electrons. The lowest BCUT2D eigenvalue weighted by atomic mass is 10.2. The van der Waals surface area contributed by atoms with Crippen LogP contribution < -0.4 is 5.32 Å². The third-order valence-corrected chi connectivity index (χ3v) is 2.79. The standard InChI is InChI=1S/C10H16N2OS/c14-8-10-5-9(7-13-10)6-12-3-1-11-2-4-12/h5,7,11,14H,1-4,6,8H2. The molecule has 1 fully saturated rings. The fourth-order valence-corrected chi connectivity index (χ4v) is 1.89. The SMILES string of the molecule is SCc1cc(CN2CCNCC2)co1. The number of hydrogen-bond acceptors (Lipinski definition) is 4. The largest absolute Gasteiger partial charge is 0.468 e. The van der Waals surface area contributed by atoms with Gasteiger partial charge in [-0.2, -0.15) is 12.6 Å². The topological polar surface area (TPSA) is 28.4 Å². The van der Waals surface area contributed by atoms with E-state index in [1.54, 1.807) is 0 Å². The molecular weight excluding hydrogens is 196 g/mol. The van der Waals surface area contributed by atoms with Gasteiger partial charge in [0.25, 0.3) is 0 Å². The second kappa shape index (κ2) is 4.87. The maximum atomic E-state index is 5.34. The molecule has 1 aromatic rings. The Kier molecular flexibility index (Phi) is 3.50. The summed E-state index contributed by atoms with van der Waals surface area (Å²) in [7, 11) is 0. The molecule has 0 aliphatic carbocycles. The number of nitrogens with one attached hydrogen (secondary N) is 1. The van der Waals surface area contributed by atoms with E-state index in [-0.39, 0.29) is 0 Å². The Morgan fingerprint density at radius 3 is 2.86 bits per heavy atom. The summed E-state index contributed by atoms with van der Waals surface area (Å²) < 4.78 is 5.34. The van der Waals surface area contributed by atoms with E-state index in [1.807, 2.05) is 6.26 Å². The van der Waals surface area contributed by atoms with Crippen molar-refractivity contribution >= 4 is 12.6 Å². The molecule has 0 amide bonds. The minimum atomic E-state index is 0.682. The molecule has 1 aliphatic rings. The fraction of sp³-hybridized carbons (Fsp3) is 0.600. The Bertz CT molecular complexity index is 281. The molecule has 4 heteroatoms. The zero-order valence-corrected chi connectivity index (χ0v) is 9.09. The normalized spacial score (nSPS) is 18.6. The van der Waals surface area contributed by atoms with E-state index in [2.05, 4.69) is 28.9 Å². The van der Waals surface area contributed by atoms with Gasteiger partial charge in [-0.15, -0.1) is 0 Å². The van der Waals surface area contributed by atoms with E-state index in [4.69, 9.17) is 4.42 Å². The van der Waals surface area contributed by atoms with Gasteiger partial charge in [-0.1, -0.05) is 0 Å². The summed E-state index contributed by atoms with van der Waals surface area (Å²) in [4.78, 5) is 2.43. The summed E-state index contributed by atoms with van der Waals surface area (Å²) >= 11 is 4.17. The second-order valence-corrected chi connectivity index (χ2v) is 3.92. The summed E-state index contributed by atoms with van der Waals surface area (Å²) in [5, 5.41) is 3.34. The lowest BCUT2D eigenvalue weighted by molar-refractivity contribution is 0.232. The Morgan fingerprint density at radius 1 is 1.43 bits per heavy atom. The molecule has 1 aliphatic heterocycles.